The fourth-order valence-corrected chi connectivity index (χ4v) is 2.59. The molecule has 0 aliphatic heterocycles. The Morgan fingerprint density at radius 2 is 1.96 bits per heavy atom. The predicted molar refractivity (Wildman–Crippen MR) is 90.2 cm³/mol. The van der Waals surface area contributed by atoms with Crippen LogP contribution in [0.1, 0.15) is 46.5 Å². The van der Waals surface area contributed by atoms with Gasteiger partial charge < -0.3 is 26.8 Å². The molecule has 0 bridgehead atoms. The molecule has 0 radical (unpaired) electrons. The first-order chi connectivity index (χ1) is 10.7. The van der Waals surface area contributed by atoms with Crippen molar-refractivity contribution >= 4 is 23.5 Å². The summed E-state index contributed by atoms with van der Waals surface area (Å²) in [5.41, 5.74) is 11.4. The summed E-state index contributed by atoms with van der Waals surface area (Å²) in [5.74, 6) is 1.17. The third-order valence-electron chi connectivity index (χ3n) is 3.60. The van der Waals surface area contributed by atoms with Crippen LogP contribution in [0.5, 0.6) is 0 Å². The van der Waals surface area contributed by atoms with Crippen LogP contribution in [0.3, 0.4) is 0 Å². The molecule has 1 aromatic rings. The van der Waals surface area contributed by atoms with E-state index in [0.717, 1.165) is 25.7 Å². The van der Waals surface area contributed by atoms with Crippen molar-refractivity contribution in [1.29, 1.82) is 0 Å². The van der Waals surface area contributed by atoms with Gasteiger partial charge >= 0.3 is 6.09 Å². The molecule has 8 nitrogen and oxygen atoms in total. The van der Waals surface area contributed by atoms with Gasteiger partial charge in [0.2, 0.25) is 5.95 Å². The zero-order chi connectivity index (χ0) is 17.0. The van der Waals surface area contributed by atoms with Gasteiger partial charge in [-0.05, 0) is 46.5 Å². The van der Waals surface area contributed by atoms with Crippen LogP contribution in [0.4, 0.5) is 22.2 Å². The summed E-state index contributed by atoms with van der Waals surface area (Å²) in [6.07, 6.45) is 4.08. The number of amides is 1. The third-order valence-corrected chi connectivity index (χ3v) is 3.60. The Bertz CT molecular complexity index is 549. The molecule has 6 N–H and O–H groups in total. The normalized spacial score (nSPS) is 21.5. The minimum absolute atomic E-state index is 0.0913. The molecule has 0 unspecified atom stereocenters. The first-order valence-electron chi connectivity index (χ1n) is 7.86. The fraction of sp³-hybridized carbons (Fsp3) is 0.667. The van der Waals surface area contributed by atoms with E-state index in [1.165, 1.54) is 0 Å². The summed E-state index contributed by atoms with van der Waals surface area (Å²) in [6.45, 7) is 6.12. The number of nitrogens with two attached hydrogens (primary N) is 2. The van der Waals surface area contributed by atoms with Crippen molar-refractivity contribution in [2.24, 2.45) is 5.73 Å². The van der Waals surface area contributed by atoms with Gasteiger partial charge in [0.25, 0.3) is 0 Å². The number of ether oxygens (including phenoxy) is 1. The number of aromatic nitrogens is 2. The summed E-state index contributed by atoms with van der Waals surface area (Å²) in [4.78, 5) is 19.4. The summed E-state index contributed by atoms with van der Waals surface area (Å²) in [7, 11) is 0. The molecule has 1 aliphatic rings. The predicted octanol–water partition coefficient (Wildman–Crippen LogP) is 2.09. The molecule has 0 aromatic carbocycles. The first-order valence-corrected chi connectivity index (χ1v) is 7.86. The van der Waals surface area contributed by atoms with Gasteiger partial charge in [0.05, 0.1) is 11.9 Å². The lowest BCUT2D eigenvalue weighted by molar-refractivity contribution is 0.0805. The van der Waals surface area contributed by atoms with Crippen LogP contribution in [0.2, 0.25) is 0 Å². The average molecular weight is 322 g/mol. The quantitative estimate of drug-likeness (QED) is 0.668. The molecule has 0 saturated heterocycles. The maximum Gasteiger partial charge on any atom is 0.404 e. The molecule has 1 aliphatic carbocycles. The van der Waals surface area contributed by atoms with E-state index in [1.807, 2.05) is 20.8 Å². The number of hydrogen-bond acceptors (Lipinski definition) is 7. The van der Waals surface area contributed by atoms with Crippen molar-refractivity contribution in [3.05, 3.63) is 6.20 Å². The van der Waals surface area contributed by atoms with Crippen LogP contribution in [0, 0.1) is 0 Å². The zero-order valence-corrected chi connectivity index (χ0v) is 13.9. The molecule has 2 rings (SSSR count). The van der Waals surface area contributed by atoms with E-state index < -0.39 is 6.09 Å². The molecular weight excluding hydrogens is 296 g/mol. The Labute approximate surface area is 136 Å². The molecule has 8 heteroatoms. The molecular formula is C15H26N6O2. The Morgan fingerprint density at radius 1 is 1.30 bits per heavy atom. The van der Waals surface area contributed by atoms with E-state index in [4.69, 9.17) is 16.2 Å². The van der Waals surface area contributed by atoms with E-state index in [-0.39, 0.29) is 17.7 Å². The third kappa shape index (κ3) is 5.46. The van der Waals surface area contributed by atoms with E-state index in [2.05, 4.69) is 20.6 Å². The molecule has 1 fully saturated rings. The van der Waals surface area contributed by atoms with E-state index in [0.29, 0.717) is 17.5 Å². The maximum absolute atomic E-state index is 10.8. The van der Waals surface area contributed by atoms with Crippen molar-refractivity contribution in [3.8, 4) is 0 Å². The van der Waals surface area contributed by atoms with Gasteiger partial charge in [-0.3, -0.25) is 0 Å². The van der Waals surface area contributed by atoms with E-state index in [9.17, 15) is 4.79 Å². The van der Waals surface area contributed by atoms with Crippen LogP contribution in [-0.4, -0.2) is 33.7 Å². The van der Waals surface area contributed by atoms with Gasteiger partial charge in [-0.15, -0.1) is 0 Å². The highest BCUT2D eigenvalue weighted by molar-refractivity contribution is 5.65. The van der Waals surface area contributed by atoms with Crippen LogP contribution in [0.15, 0.2) is 6.20 Å². The van der Waals surface area contributed by atoms with Gasteiger partial charge in [0, 0.05) is 11.6 Å². The van der Waals surface area contributed by atoms with Crippen molar-refractivity contribution < 1.29 is 9.53 Å². The SMILES string of the molecule is CC(C)(C)Nc1ncc(N)c(N[C@H]2CC[C@H](OC(N)=O)CC2)n1. The van der Waals surface area contributed by atoms with Crippen LogP contribution in [-0.2, 0) is 4.74 Å². The molecule has 0 atom stereocenters. The Hall–Kier alpha value is -2.25. The van der Waals surface area contributed by atoms with Gasteiger partial charge in [0.1, 0.15) is 6.10 Å². The molecule has 1 heterocycles. The van der Waals surface area contributed by atoms with Crippen molar-refractivity contribution in [3.63, 3.8) is 0 Å². The van der Waals surface area contributed by atoms with Gasteiger partial charge in [-0.25, -0.2) is 9.78 Å². The van der Waals surface area contributed by atoms with Crippen LogP contribution >= 0.6 is 0 Å². The van der Waals surface area contributed by atoms with E-state index in [1.54, 1.807) is 6.20 Å². The Balaban J connectivity index is 1.95. The fourth-order valence-electron chi connectivity index (χ4n) is 2.59. The largest absolute Gasteiger partial charge is 0.446 e. The zero-order valence-electron chi connectivity index (χ0n) is 13.9. The molecule has 1 amide bonds. The van der Waals surface area contributed by atoms with Gasteiger partial charge in [-0.1, -0.05) is 0 Å². The van der Waals surface area contributed by atoms with Crippen molar-refractivity contribution in [2.75, 3.05) is 16.4 Å². The number of nitrogens with one attached hydrogen (secondary N) is 2. The molecule has 0 spiro atoms. The number of nitrogen functional groups attached to an aromatic ring is 1. The Kier molecular flexibility index (Phi) is 5.12. The summed E-state index contributed by atoms with van der Waals surface area (Å²) < 4.78 is 5.04. The number of nitrogens with zero attached hydrogens (tertiary/aromatic N) is 2. The maximum atomic E-state index is 10.8. The smallest absolute Gasteiger partial charge is 0.404 e. The lowest BCUT2D eigenvalue weighted by atomic mass is 9.93. The average Bonchev–Trinajstić information content (AvgIpc) is 2.42. The summed E-state index contributed by atoms with van der Waals surface area (Å²) >= 11 is 0. The highest BCUT2D eigenvalue weighted by Crippen LogP contribution is 2.26. The summed E-state index contributed by atoms with van der Waals surface area (Å²) in [6, 6.07) is 0.238. The molecule has 23 heavy (non-hydrogen) atoms. The second kappa shape index (κ2) is 6.89. The summed E-state index contributed by atoms with van der Waals surface area (Å²) in [5, 5.41) is 6.59. The topological polar surface area (TPSA) is 128 Å². The number of rotatable bonds is 4. The number of anilines is 3. The van der Waals surface area contributed by atoms with Crippen molar-refractivity contribution in [1.82, 2.24) is 9.97 Å². The minimum atomic E-state index is -0.709. The first kappa shape index (κ1) is 17.1. The highest BCUT2D eigenvalue weighted by atomic mass is 16.6. The lowest BCUT2D eigenvalue weighted by Gasteiger charge is -2.29. The molecule has 1 saturated carbocycles. The van der Waals surface area contributed by atoms with Gasteiger partial charge in [0.15, 0.2) is 5.82 Å². The number of carbonyl (C=O) groups excluding carboxylic acids is 1. The van der Waals surface area contributed by atoms with Gasteiger partial charge in [-0.2, -0.15) is 4.98 Å². The standard InChI is InChI=1S/C15H26N6O2/c1-15(2,3)21-14-18-8-11(16)12(20-14)19-9-4-6-10(7-5-9)23-13(17)22/h8-10H,4-7,16H2,1-3H3,(H2,17,22)(H2,18,19,20,21)/t9-,10-. The van der Waals surface area contributed by atoms with E-state index >= 15 is 0 Å². The van der Waals surface area contributed by atoms with Crippen LogP contribution < -0.4 is 22.1 Å². The van der Waals surface area contributed by atoms with Crippen molar-refractivity contribution in [2.45, 2.75) is 64.1 Å². The monoisotopic (exact) mass is 322 g/mol. The number of primary amides is 1. The number of carbonyl (C=O) groups is 1. The molecule has 1 aromatic heterocycles. The Morgan fingerprint density at radius 3 is 2.52 bits per heavy atom. The minimum Gasteiger partial charge on any atom is -0.446 e. The number of hydrogen-bond donors (Lipinski definition) is 4. The highest BCUT2D eigenvalue weighted by Gasteiger charge is 2.24. The second-order valence-electron chi connectivity index (χ2n) is 6.93. The molecule has 128 valence electrons. The lowest BCUT2D eigenvalue weighted by Crippen LogP contribution is -2.33. The van der Waals surface area contributed by atoms with Crippen LogP contribution in [0.25, 0.3) is 0 Å². The second-order valence-corrected chi connectivity index (χ2v) is 6.93.